The molecule has 0 bridgehead atoms. The third kappa shape index (κ3) is 5.08. The number of hydrogen-bond donors (Lipinski definition) is 1. The predicted molar refractivity (Wildman–Crippen MR) is 130 cm³/mol. The average Bonchev–Trinajstić information content (AvgIpc) is 3.49. The van der Waals surface area contributed by atoms with E-state index < -0.39 is 29.2 Å². The molecule has 0 saturated carbocycles. The van der Waals surface area contributed by atoms with E-state index >= 15 is 0 Å². The molecule has 0 fully saturated rings. The Bertz CT molecular complexity index is 1350. The SMILES string of the molecule is CCC(C)(C)NC(=O)C(c1ccco1)N(C(=O)Cn1nnc2ccccc21)c1ccc(C)c(F)c1. The quantitative estimate of drug-likeness (QED) is 0.402. The molecule has 1 unspecified atom stereocenters. The second-order valence-electron chi connectivity index (χ2n) is 9.08. The lowest BCUT2D eigenvalue weighted by Gasteiger charge is -2.33. The number of carbonyl (C=O) groups is 2. The number of nitrogens with one attached hydrogen (secondary N) is 1. The number of hydrogen-bond acceptors (Lipinski definition) is 5. The molecule has 35 heavy (non-hydrogen) atoms. The van der Waals surface area contributed by atoms with E-state index in [4.69, 9.17) is 4.42 Å². The Morgan fingerprint density at radius 3 is 2.63 bits per heavy atom. The number of fused-ring (bicyclic) bond motifs is 1. The van der Waals surface area contributed by atoms with Crippen LogP contribution in [0.15, 0.2) is 65.3 Å². The van der Waals surface area contributed by atoms with E-state index in [1.54, 1.807) is 43.3 Å². The molecule has 0 radical (unpaired) electrons. The van der Waals surface area contributed by atoms with Crippen LogP contribution in [-0.2, 0) is 16.1 Å². The molecule has 8 nitrogen and oxygen atoms in total. The van der Waals surface area contributed by atoms with E-state index in [2.05, 4.69) is 15.6 Å². The molecule has 0 aliphatic carbocycles. The van der Waals surface area contributed by atoms with Gasteiger partial charge in [-0.3, -0.25) is 14.5 Å². The maximum Gasteiger partial charge on any atom is 0.251 e. The van der Waals surface area contributed by atoms with Crippen LogP contribution in [0.5, 0.6) is 0 Å². The molecule has 0 spiro atoms. The Labute approximate surface area is 202 Å². The van der Waals surface area contributed by atoms with E-state index in [-0.39, 0.29) is 18.0 Å². The molecule has 9 heteroatoms. The maximum atomic E-state index is 14.6. The molecule has 0 aliphatic rings. The minimum Gasteiger partial charge on any atom is -0.467 e. The van der Waals surface area contributed by atoms with Gasteiger partial charge in [-0.1, -0.05) is 30.3 Å². The number of benzene rings is 2. The molecule has 4 rings (SSSR count). The van der Waals surface area contributed by atoms with Gasteiger partial charge in [-0.05, 0) is 69.2 Å². The van der Waals surface area contributed by atoms with E-state index in [0.29, 0.717) is 23.0 Å². The first-order chi connectivity index (χ1) is 16.7. The summed E-state index contributed by atoms with van der Waals surface area (Å²) in [6, 6.07) is 13.8. The number of furan rings is 1. The Morgan fingerprint density at radius 1 is 1.17 bits per heavy atom. The number of aryl methyl sites for hydroxylation is 1. The second kappa shape index (κ2) is 9.69. The second-order valence-corrected chi connectivity index (χ2v) is 9.08. The van der Waals surface area contributed by atoms with Crippen molar-refractivity contribution in [3.05, 3.63) is 78.0 Å². The van der Waals surface area contributed by atoms with Crippen LogP contribution >= 0.6 is 0 Å². The Morgan fingerprint density at radius 2 is 1.94 bits per heavy atom. The fraction of sp³-hybridized carbons (Fsp3) is 0.308. The van der Waals surface area contributed by atoms with Crippen molar-refractivity contribution >= 4 is 28.5 Å². The van der Waals surface area contributed by atoms with Crippen molar-refractivity contribution in [3.8, 4) is 0 Å². The molecule has 0 saturated heterocycles. The van der Waals surface area contributed by atoms with Crippen molar-refractivity contribution in [2.24, 2.45) is 0 Å². The van der Waals surface area contributed by atoms with Gasteiger partial charge < -0.3 is 9.73 Å². The van der Waals surface area contributed by atoms with Gasteiger partial charge >= 0.3 is 0 Å². The first kappa shape index (κ1) is 24.1. The number of carbonyl (C=O) groups excluding carboxylic acids is 2. The molecule has 0 aliphatic heterocycles. The highest BCUT2D eigenvalue weighted by Gasteiger charge is 2.37. The highest BCUT2D eigenvalue weighted by molar-refractivity contribution is 6.01. The Hall–Kier alpha value is -4.01. The summed E-state index contributed by atoms with van der Waals surface area (Å²) in [5.41, 5.74) is 1.43. The number of halogens is 1. The van der Waals surface area contributed by atoms with E-state index in [1.807, 2.05) is 32.9 Å². The van der Waals surface area contributed by atoms with Crippen LogP contribution in [0, 0.1) is 12.7 Å². The lowest BCUT2D eigenvalue weighted by atomic mass is 10.0. The monoisotopic (exact) mass is 477 g/mol. The number of aromatic nitrogens is 3. The van der Waals surface area contributed by atoms with Crippen molar-refractivity contribution in [2.45, 2.75) is 52.2 Å². The zero-order chi connectivity index (χ0) is 25.2. The number of para-hydroxylation sites is 1. The fourth-order valence-corrected chi connectivity index (χ4v) is 3.72. The highest BCUT2D eigenvalue weighted by atomic mass is 19.1. The van der Waals surface area contributed by atoms with Gasteiger partial charge in [-0.25, -0.2) is 9.07 Å². The van der Waals surface area contributed by atoms with Crippen molar-refractivity contribution in [1.29, 1.82) is 0 Å². The third-order valence-corrected chi connectivity index (χ3v) is 6.07. The van der Waals surface area contributed by atoms with Crippen LogP contribution in [0.1, 0.15) is 44.6 Å². The van der Waals surface area contributed by atoms with Crippen LogP contribution in [0.2, 0.25) is 0 Å². The van der Waals surface area contributed by atoms with Gasteiger partial charge in [0.2, 0.25) is 5.91 Å². The number of amides is 2. The standard InChI is InChI=1S/C26H28FN5O3/c1-5-26(3,4)28-25(34)24(22-11-8-14-35-22)32(18-13-12-17(2)19(27)15-18)23(33)16-31-21-10-7-6-9-20(21)29-30-31/h6-15,24H,5,16H2,1-4H3,(H,28,34). The van der Waals surface area contributed by atoms with Gasteiger partial charge in [0, 0.05) is 11.2 Å². The van der Waals surface area contributed by atoms with Gasteiger partial charge in [0.15, 0.2) is 6.04 Å². The zero-order valence-corrected chi connectivity index (χ0v) is 20.2. The van der Waals surface area contributed by atoms with Crippen LogP contribution in [0.25, 0.3) is 11.0 Å². The fourth-order valence-electron chi connectivity index (χ4n) is 3.72. The lowest BCUT2D eigenvalue weighted by Crippen LogP contribution is -2.51. The summed E-state index contributed by atoms with van der Waals surface area (Å²) in [5, 5.41) is 11.2. The smallest absolute Gasteiger partial charge is 0.251 e. The molecule has 2 amide bonds. The summed E-state index contributed by atoms with van der Waals surface area (Å²) in [6.07, 6.45) is 2.10. The van der Waals surface area contributed by atoms with Gasteiger partial charge in [0.05, 0.1) is 11.8 Å². The van der Waals surface area contributed by atoms with E-state index in [0.717, 1.165) is 0 Å². The Balaban J connectivity index is 1.80. The van der Waals surface area contributed by atoms with Gasteiger partial charge in [-0.15, -0.1) is 5.10 Å². The largest absolute Gasteiger partial charge is 0.467 e. The maximum absolute atomic E-state index is 14.6. The summed E-state index contributed by atoms with van der Waals surface area (Å²) in [4.78, 5) is 28.7. The molecule has 182 valence electrons. The highest BCUT2D eigenvalue weighted by Crippen LogP contribution is 2.31. The molecule has 2 aromatic carbocycles. The van der Waals surface area contributed by atoms with E-state index in [1.165, 1.54) is 21.9 Å². The summed E-state index contributed by atoms with van der Waals surface area (Å²) in [7, 11) is 0. The minimum atomic E-state index is -1.17. The van der Waals surface area contributed by atoms with Crippen LogP contribution < -0.4 is 10.2 Å². The summed E-state index contributed by atoms with van der Waals surface area (Å²) in [5.74, 6) is -1.15. The molecule has 1 N–H and O–H groups in total. The van der Waals surface area contributed by atoms with Crippen LogP contribution in [0.4, 0.5) is 10.1 Å². The first-order valence-electron chi connectivity index (χ1n) is 11.4. The number of nitrogens with zero attached hydrogens (tertiary/aromatic N) is 4. The summed E-state index contributed by atoms with van der Waals surface area (Å²) >= 11 is 0. The Kier molecular flexibility index (Phi) is 6.68. The number of anilines is 1. The van der Waals surface area contributed by atoms with Crippen molar-refractivity contribution < 1.29 is 18.4 Å². The van der Waals surface area contributed by atoms with Gasteiger partial charge in [-0.2, -0.15) is 0 Å². The van der Waals surface area contributed by atoms with Crippen LogP contribution in [0.3, 0.4) is 0 Å². The third-order valence-electron chi connectivity index (χ3n) is 6.07. The topological polar surface area (TPSA) is 93.3 Å². The van der Waals surface area contributed by atoms with Crippen LogP contribution in [-0.4, -0.2) is 32.3 Å². The molecule has 1 atom stereocenters. The van der Waals surface area contributed by atoms with E-state index in [9.17, 15) is 14.0 Å². The molecular weight excluding hydrogens is 449 g/mol. The normalized spacial score (nSPS) is 12.5. The molecule has 2 aromatic heterocycles. The zero-order valence-electron chi connectivity index (χ0n) is 20.2. The molecule has 2 heterocycles. The van der Waals surface area contributed by atoms with Gasteiger partial charge in [0.25, 0.3) is 5.91 Å². The average molecular weight is 478 g/mol. The number of rotatable bonds is 8. The van der Waals surface area contributed by atoms with Crippen molar-refractivity contribution in [2.75, 3.05) is 4.90 Å². The van der Waals surface area contributed by atoms with Crippen molar-refractivity contribution in [1.82, 2.24) is 20.3 Å². The minimum absolute atomic E-state index is 0.211. The summed E-state index contributed by atoms with van der Waals surface area (Å²) in [6.45, 7) is 7.16. The summed E-state index contributed by atoms with van der Waals surface area (Å²) < 4.78 is 21.7. The lowest BCUT2D eigenvalue weighted by molar-refractivity contribution is -0.128. The van der Waals surface area contributed by atoms with Gasteiger partial charge in [0.1, 0.15) is 23.6 Å². The predicted octanol–water partition coefficient (Wildman–Crippen LogP) is 4.55. The first-order valence-corrected chi connectivity index (χ1v) is 11.4. The molecule has 4 aromatic rings. The van der Waals surface area contributed by atoms with Crippen molar-refractivity contribution in [3.63, 3.8) is 0 Å². The molecular formula is C26H28FN5O3.